The Morgan fingerprint density at radius 2 is 2.22 bits per heavy atom. The van der Waals surface area contributed by atoms with Crippen molar-refractivity contribution in [2.24, 2.45) is 0 Å². The van der Waals surface area contributed by atoms with Crippen molar-refractivity contribution < 1.29 is 22.5 Å². The van der Waals surface area contributed by atoms with Crippen LogP contribution in [0.1, 0.15) is 12.6 Å². The highest BCUT2D eigenvalue weighted by Crippen LogP contribution is 2.30. The number of nitrogens with one attached hydrogen (secondary N) is 2. The minimum Gasteiger partial charge on any atom is -0.351 e. The zero-order valence-electron chi connectivity index (χ0n) is 12.0. The molecule has 2 N–H and O–H groups in total. The van der Waals surface area contributed by atoms with Crippen LogP contribution in [0.3, 0.4) is 0 Å². The standard InChI is InChI=1S/C11H12F3N5O2S2/c1-5-3-7(21-19-5)16-8(20)6(2)22-10-18-17-9(23-10)15-4-11(12,13)14/h3,6H,4H2,1-2H3,(H,15,17)(H,16,20)/t6-/m1/s1. The number of aryl methyl sites for hydroxylation is 1. The number of hydrogen-bond donors (Lipinski definition) is 2. The van der Waals surface area contributed by atoms with Crippen LogP contribution in [0.2, 0.25) is 0 Å². The maximum Gasteiger partial charge on any atom is 0.405 e. The van der Waals surface area contributed by atoms with E-state index < -0.39 is 18.0 Å². The Labute approximate surface area is 137 Å². The van der Waals surface area contributed by atoms with Crippen LogP contribution >= 0.6 is 23.1 Å². The summed E-state index contributed by atoms with van der Waals surface area (Å²) in [6.07, 6.45) is -4.33. The second kappa shape index (κ2) is 7.17. The molecule has 0 saturated heterocycles. The van der Waals surface area contributed by atoms with Crippen molar-refractivity contribution >= 4 is 40.0 Å². The molecule has 126 valence electrons. The highest BCUT2D eigenvalue weighted by Gasteiger charge is 2.27. The van der Waals surface area contributed by atoms with Gasteiger partial charge in [0.05, 0.1) is 10.9 Å². The number of nitrogens with zero attached hydrogens (tertiary/aromatic N) is 3. The minimum atomic E-state index is -4.33. The molecule has 0 radical (unpaired) electrons. The van der Waals surface area contributed by atoms with Gasteiger partial charge in [-0.05, 0) is 13.8 Å². The maximum absolute atomic E-state index is 12.1. The Morgan fingerprint density at radius 1 is 1.48 bits per heavy atom. The van der Waals surface area contributed by atoms with Crippen LogP contribution in [0.5, 0.6) is 0 Å². The molecule has 2 aromatic rings. The number of anilines is 2. The number of thioether (sulfide) groups is 1. The van der Waals surface area contributed by atoms with Crippen molar-refractivity contribution in [3.8, 4) is 0 Å². The highest BCUT2D eigenvalue weighted by molar-refractivity contribution is 8.02. The van der Waals surface area contributed by atoms with Gasteiger partial charge in [-0.15, -0.1) is 10.2 Å². The van der Waals surface area contributed by atoms with Crippen LogP contribution in [0.4, 0.5) is 24.2 Å². The van der Waals surface area contributed by atoms with Gasteiger partial charge in [0.2, 0.25) is 16.9 Å². The molecule has 2 heterocycles. The lowest BCUT2D eigenvalue weighted by Crippen LogP contribution is -2.22. The van der Waals surface area contributed by atoms with E-state index in [1.807, 2.05) is 0 Å². The Balaban J connectivity index is 1.86. The van der Waals surface area contributed by atoms with Crippen molar-refractivity contribution in [1.29, 1.82) is 0 Å². The summed E-state index contributed by atoms with van der Waals surface area (Å²) >= 11 is 2.03. The smallest absolute Gasteiger partial charge is 0.351 e. The number of rotatable bonds is 6. The molecule has 12 heteroatoms. The van der Waals surface area contributed by atoms with Crippen molar-refractivity contribution in [3.05, 3.63) is 11.8 Å². The molecular formula is C11H12F3N5O2S2. The summed E-state index contributed by atoms with van der Waals surface area (Å²) in [4.78, 5) is 12.0. The van der Waals surface area contributed by atoms with Crippen LogP contribution in [-0.4, -0.2) is 39.2 Å². The monoisotopic (exact) mass is 367 g/mol. The fourth-order valence-corrected chi connectivity index (χ4v) is 3.25. The molecule has 0 fully saturated rings. The van der Waals surface area contributed by atoms with E-state index in [1.54, 1.807) is 19.9 Å². The molecular weight excluding hydrogens is 355 g/mol. The van der Waals surface area contributed by atoms with Crippen LogP contribution in [0, 0.1) is 6.92 Å². The van der Waals surface area contributed by atoms with Gasteiger partial charge in [0.25, 0.3) is 0 Å². The first-order chi connectivity index (χ1) is 10.7. The normalized spacial score (nSPS) is 12.9. The van der Waals surface area contributed by atoms with Gasteiger partial charge in [0, 0.05) is 6.07 Å². The first-order valence-corrected chi connectivity index (χ1v) is 7.97. The van der Waals surface area contributed by atoms with Crippen molar-refractivity contribution in [2.75, 3.05) is 17.2 Å². The lowest BCUT2D eigenvalue weighted by atomic mass is 10.4. The van der Waals surface area contributed by atoms with Crippen LogP contribution in [-0.2, 0) is 4.79 Å². The molecule has 0 bridgehead atoms. The number of aromatic nitrogens is 3. The van der Waals surface area contributed by atoms with E-state index in [0.29, 0.717) is 10.0 Å². The molecule has 0 aromatic carbocycles. The molecule has 23 heavy (non-hydrogen) atoms. The Hall–Kier alpha value is -1.82. The third-order valence-electron chi connectivity index (χ3n) is 2.37. The molecule has 0 unspecified atom stereocenters. The SMILES string of the molecule is Cc1cc(NC(=O)[C@@H](C)Sc2nnc(NCC(F)(F)F)s2)on1. The quantitative estimate of drug-likeness (QED) is 0.758. The zero-order valence-corrected chi connectivity index (χ0v) is 13.6. The summed E-state index contributed by atoms with van der Waals surface area (Å²) < 4.78 is 41.5. The Kier molecular flexibility index (Phi) is 5.46. The van der Waals surface area contributed by atoms with Crippen LogP contribution in [0.25, 0.3) is 0 Å². The number of carbonyl (C=O) groups is 1. The first-order valence-electron chi connectivity index (χ1n) is 6.28. The first kappa shape index (κ1) is 17.5. The van der Waals surface area contributed by atoms with Crippen molar-refractivity contribution in [3.63, 3.8) is 0 Å². The van der Waals surface area contributed by atoms with E-state index in [-0.39, 0.29) is 16.9 Å². The lowest BCUT2D eigenvalue weighted by molar-refractivity contribution is -0.116. The minimum absolute atomic E-state index is 0.0447. The Morgan fingerprint density at radius 3 is 2.83 bits per heavy atom. The average molecular weight is 367 g/mol. The van der Waals surface area contributed by atoms with Gasteiger partial charge in [-0.25, -0.2) is 0 Å². The van der Waals surface area contributed by atoms with E-state index in [9.17, 15) is 18.0 Å². The molecule has 0 spiro atoms. The average Bonchev–Trinajstić information content (AvgIpc) is 3.05. The largest absolute Gasteiger partial charge is 0.405 e. The zero-order chi connectivity index (χ0) is 17.0. The van der Waals surface area contributed by atoms with E-state index in [0.717, 1.165) is 23.1 Å². The van der Waals surface area contributed by atoms with Gasteiger partial charge < -0.3 is 9.84 Å². The van der Waals surface area contributed by atoms with E-state index in [1.165, 1.54) is 0 Å². The molecule has 1 amide bonds. The Bertz CT molecular complexity index is 673. The van der Waals surface area contributed by atoms with Crippen LogP contribution in [0.15, 0.2) is 14.9 Å². The lowest BCUT2D eigenvalue weighted by Gasteiger charge is -2.07. The summed E-state index contributed by atoms with van der Waals surface area (Å²) in [6.45, 7) is 2.16. The predicted molar refractivity (Wildman–Crippen MR) is 79.6 cm³/mol. The van der Waals surface area contributed by atoms with E-state index in [2.05, 4.69) is 26.0 Å². The van der Waals surface area contributed by atoms with Gasteiger partial charge in [-0.2, -0.15) is 13.2 Å². The summed E-state index contributed by atoms with van der Waals surface area (Å²) in [5.41, 5.74) is 0.630. The fourth-order valence-electron chi connectivity index (χ4n) is 1.35. The summed E-state index contributed by atoms with van der Waals surface area (Å²) in [7, 11) is 0. The van der Waals surface area contributed by atoms with Crippen LogP contribution < -0.4 is 10.6 Å². The van der Waals surface area contributed by atoms with Gasteiger partial charge >= 0.3 is 6.18 Å². The molecule has 0 aliphatic heterocycles. The molecule has 7 nitrogen and oxygen atoms in total. The number of amides is 1. The second-order valence-electron chi connectivity index (χ2n) is 4.42. The topological polar surface area (TPSA) is 92.9 Å². The molecule has 0 aliphatic rings. The van der Waals surface area contributed by atoms with Gasteiger partial charge in [-0.1, -0.05) is 28.3 Å². The molecule has 2 aromatic heterocycles. The third-order valence-corrected chi connectivity index (χ3v) is 4.43. The van der Waals surface area contributed by atoms with Crippen molar-refractivity contribution in [1.82, 2.24) is 15.4 Å². The van der Waals surface area contributed by atoms with Gasteiger partial charge in [0.15, 0.2) is 4.34 Å². The van der Waals surface area contributed by atoms with Crippen molar-refractivity contribution in [2.45, 2.75) is 29.6 Å². The van der Waals surface area contributed by atoms with Gasteiger partial charge in [0.1, 0.15) is 6.54 Å². The number of hydrogen-bond acceptors (Lipinski definition) is 8. The molecule has 1 atom stereocenters. The van der Waals surface area contributed by atoms with E-state index >= 15 is 0 Å². The second-order valence-corrected chi connectivity index (χ2v) is 6.99. The molecule has 0 aliphatic carbocycles. The van der Waals surface area contributed by atoms with Gasteiger partial charge in [-0.3, -0.25) is 10.1 Å². The highest BCUT2D eigenvalue weighted by atomic mass is 32.2. The molecule has 0 saturated carbocycles. The third kappa shape index (κ3) is 5.71. The predicted octanol–water partition coefficient (Wildman–Crippen LogP) is 2.93. The summed E-state index contributed by atoms with van der Waals surface area (Å²) in [6, 6.07) is 1.57. The number of alkyl halides is 3. The van der Waals surface area contributed by atoms with E-state index in [4.69, 9.17) is 4.52 Å². The summed E-state index contributed by atoms with van der Waals surface area (Å²) in [5, 5.41) is 15.1. The molecule has 2 rings (SSSR count). The number of carbonyl (C=O) groups excluding carboxylic acids is 1. The fraction of sp³-hybridized carbons (Fsp3) is 0.455. The number of halogens is 3. The maximum atomic E-state index is 12.1. The summed E-state index contributed by atoms with van der Waals surface area (Å²) in [5.74, 6) is -0.115.